The molecule has 0 amide bonds. The molecule has 19 heavy (non-hydrogen) atoms. The van der Waals surface area contributed by atoms with E-state index in [1.807, 2.05) is 6.07 Å². The van der Waals surface area contributed by atoms with Gasteiger partial charge in [0.25, 0.3) is 0 Å². The summed E-state index contributed by atoms with van der Waals surface area (Å²) in [5.41, 5.74) is 2.93. The highest BCUT2D eigenvalue weighted by molar-refractivity contribution is 5.78. The van der Waals surface area contributed by atoms with E-state index in [1.165, 1.54) is 0 Å². The van der Waals surface area contributed by atoms with E-state index in [4.69, 9.17) is 4.74 Å². The average molecular weight is 264 g/mol. The number of carboxylic acids is 1. The first-order chi connectivity index (χ1) is 8.81. The Kier molecular flexibility index (Phi) is 4.98. The largest absolute Gasteiger partial charge is 0.496 e. The maximum absolute atomic E-state index is 11.4. The van der Waals surface area contributed by atoms with Gasteiger partial charge in [0.1, 0.15) is 5.75 Å². The van der Waals surface area contributed by atoms with Crippen molar-refractivity contribution in [3.63, 3.8) is 0 Å². The summed E-state index contributed by atoms with van der Waals surface area (Å²) >= 11 is 0. The van der Waals surface area contributed by atoms with Crippen molar-refractivity contribution >= 4 is 5.97 Å². The Morgan fingerprint density at radius 2 is 1.53 bits per heavy atom. The minimum Gasteiger partial charge on any atom is -0.496 e. The Labute approximate surface area is 115 Å². The van der Waals surface area contributed by atoms with Crippen molar-refractivity contribution in [1.29, 1.82) is 0 Å². The lowest BCUT2D eigenvalue weighted by molar-refractivity contribution is -0.138. The van der Waals surface area contributed by atoms with Crippen molar-refractivity contribution in [3.8, 4) is 5.75 Å². The van der Waals surface area contributed by atoms with Crippen LogP contribution in [0.3, 0.4) is 0 Å². The third kappa shape index (κ3) is 3.09. The molecule has 1 N–H and O–H groups in total. The molecule has 0 aliphatic carbocycles. The second-order valence-corrected chi connectivity index (χ2v) is 5.56. The van der Waals surface area contributed by atoms with E-state index in [0.29, 0.717) is 5.92 Å². The number of hydrogen-bond acceptors (Lipinski definition) is 2. The lowest BCUT2D eigenvalue weighted by Crippen LogP contribution is -2.14. The number of rotatable bonds is 5. The molecule has 0 aliphatic rings. The molecular weight excluding hydrogens is 240 g/mol. The number of aliphatic carboxylic acids is 1. The van der Waals surface area contributed by atoms with Crippen molar-refractivity contribution < 1.29 is 14.6 Å². The molecule has 0 heterocycles. The smallest absolute Gasteiger partial charge is 0.310 e. The first kappa shape index (κ1) is 15.5. The topological polar surface area (TPSA) is 46.5 Å². The summed E-state index contributed by atoms with van der Waals surface area (Å²) in [6.45, 7) is 10.0. The van der Waals surface area contributed by atoms with Crippen molar-refractivity contribution in [1.82, 2.24) is 0 Å². The van der Waals surface area contributed by atoms with Gasteiger partial charge < -0.3 is 9.84 Å². The van der Waals surface area contributed by atoms with Crippen LogP contribution in [0.5, 0.6) is 5.75 Å². The molecule has 1 aromatic rings. The maximum atomic E-state index is 11.4. The molecule has 3 nitrogen and oxygen atoms in total. The van der Waals surface area contributed by atoms with Gasteiger partial charge in [0, 0.05) is 5.56 Å². The summed E-state index contributed by atoms with van der Waals surface area (Å²) in [7, 11) is 1.61. The predicted octanol–water partition coefficient (Wildman–Crippen LogP) is 4.13. The summed E-state index contributed by atoms with van der Waals surface area (Å²) < 4.78 is 5.54. The molecule has 0 saturated heterocycles. The van der Waals surface area contributed by atoms with Crippen LogP contribution in [-0.4, -0.2) is 18.2 Å². The third-order valence-corrected chi connectivity index (χ3v) is 3.51. The van der Waals surface area contributed by atoms with E-state index in [1.54, 1.807) is 14.0 Å². The summed E-state index contributed by atoms with van der Waals surface area (Å²) in [5.74, 6) is -0.0777. The molecule has 0 aromatic heterocycles. The zero-order chi connectivity index (χ0) is 14.7. The number of methoxy groups -OCH3 is 1. The van der Waals surface area contributed by atoms with Gasteiger partial charge in [0.15, 0.2) is 0 Å². The van der Waals surface area contributed by atoms with Crippen LogP contribution in [0.25, 0.3) is 0 Å². The van der Waals surface area contributed by atoms with Crippen LogP contribution in [-0.2, 0) is 4.79 Å². The van der Waals surface area contributed by atoms with Crippen molar-refractivity contribution in [2.45, 2.75) is 52.4 Å². The molecule has 1 aromatic carbocycles. The molecule has 0 spiro atoms. The molecule has 1 unspecified atom stereocenters. The number of carboxylic acid groups (broad SMARTS) is 1. The van der Waals surface area contributed by atoms with Crippen molar-refractivity contribution in [2.75, 3.05) is 7.11 Å². The van der Waals surface area contributed by atoms with Gasteiger partial charge in [-0.3, -0.25) is 4.79 Å². The van der Waals surface area contributed by atoms with Gasteiger partial charge in [-0.15, -0.1) is 0 Å². The van der Waals surface area contributed by atoms with Crippen LogP contribution in [0.4, 0.5) is 0 Å². The first-order valence-corrected chi connectivity index (χ1v) is 6.74. The number of carbonyl (C=O) groups is 1. The fourth-order valence-corrected chi connectivity index (χ4v) is 2.39. The van der Waals surface area contributed by atoms with Crippen LogP contribution in [0, 0.1) is 0 Å². The fourth-order valence-electron chi connectivity index (χ4n) is 2.39. The highest BCUT2D eigenvalue weighted by atomic mass is 16.5. The van der Waals surface area contributed by atoms with Crippen LogP contribution >= 0.6 is 0 Å². The first-order valence-electron chi connectivity index (χ1n) is 6.74. The second kappa shape index (κ2) is 6.09. The second-order valence-electron chi connectivity index (χ2n) is 5.56. The highest BCUT2D eigenvalue weighted by Crippen LogP contribution is 2.39. The minimum absolute atomic E-state index is 0.270. The molecule has 0 bridgehead atoms. The monoisotopic (exact) mass is 264 g/mol. The molecule has 0 radical (unpaired) electrons. The Bertz CT molecular complexity index is 461. The molecule has 1 atom stereocenters. The summed E-state index contributed by atoms with van der Waals surface area (Å²) in [6.07, 6.45) is 0. The zero-order valence-corrected chi connectivity index (χ0v) is 12.7. The van der Waals surface area contributed by atoms with Gasteiger partial charge in [-0.2, -0.15) is 0 Å². The van der Waals surface area contributed by atoms with Crippen LogP contribution in [0.1, 0.15) is 69.1 Å². The quantitative estimate of drug-likeness (QED) is 0.869. The molecular formula is C16H24O3. The van der Waals surface area contributed by atoms with Crippen LogP contribution in [0.2, 0.25) is 0 Å². The van der Waals surface area contributed by atoms with E-state index in [-0.39, 0.29) is 5.92 Å². The Balaban J connectivity index is 3.59. The van der Waals surface area contributed by atoms with Gasteiger partial charge in [0.05, 0.1) is 13.0 Å². The predicted molar refractivity (Wildman–Crippen MR) is 77.2 cm³/mol. The van der Waals surface area contributed by atoms with E-state index in [2.05, 4.69) is 33.8 Å². The van der Waals surface area contributed by atoms with Gasteiger partial charge in [-0.25, -0.2) is 0 Å². The number of hydrogen-bond donors (Lipinski definition) is 1. The number of ether oxygens (including phenoxy) is 1. The van der Waals surface area contributed by atoms with Gasteiger partial charge in [-0.1, -0.05) is 39.8 Å². The fraction of sp³-hybridized carbons (Fsp3) is 0.562. The van der Waals surface area contributed by atoms with Gasteiger partial charge in [0.2, 0.25) is 0 Å². The molecule has 106 valence electrons. The van der Waals surface area contributed by atoms with E-state index >= 15 is 0 Å². The maximum Gasteiger partial charge on any atom is 0.310 e. The number of benzene rings is 1. The standard InChI is InChI=1S/C16H24O3/c1-9(2)12-7-8-13(10(3)4)15(19-6)14(12)11(5)16(17)18/h7-11H,1-6H3,(H,17,18). The Hall–Kier alpha value is -1.51. The minimum atomic E-state index is -0.818. The lowest BCUT2D eigenvalue weighted by atomic mass is 9.85. The van der Waals surface area contributed by atoms with Gasteiger partial charge in [-0.05, 0) is 29.9 Å². The molecule has 0 fully saturated rings. The summed E-state index contributed by atoms with van der Waals surface area (Å²) in [5, 5.41) is 9.34. The molecule has 3 heteroatoms. The van der Waals surface area contributed by atoms with Crippen molar-refractivity contribution in [3.05, 3.63) is 28.8 Å². The van der Waals surface area contributed by atoms with Crippen LogP contribution in [0.15, 0.2) is 12.1 Å². The Morgan fingerprint density at radius 1 is 1.05 bits per heavy atom. The average Bonchev–Trinajstić information content (AvgIpc) is 2.35. The lowest BCUT2D eigenvalue weighted by Gasteiger charge is -2.23. The zero-order valence-electron chi connectivity index (χ0n) is 12.7. The third-order valence-electron chi connectivity index (χ3n) is 3.51. The SMILES string of the molecule is COc1c(C(C)C)ccc(C(C)C)c1C(C)C(=O)O. The molecule has 1 rings (SSSR count). The van der Waals surface area contributed by atoms with E-state index in [0.717, 1.165) is 22.4 Å². The van der Waals surface area contributed by atoms with E-state index < -0.39 is 11.9 Å². The summed E-state index contributed by atoms with van der Waals surface area (Å²) in [4.78, 5) is 11.4. The van der Waals surface area contributed by atoms with Crippen LogP contribution < -0.4 is 4.74 Å². The van der Waals surface area contributed by atoms with E-state index in [9.17, 15) is 9.90 Å². The van der Waals surface area contributed by atoms with Crippen molar-refractivity contribution in [2.24, 2.45) is 0 Å². The highest BCUT2D eigenvalue weighted by Gasteiger charge is 2.25. The summed E-state index contributed by atoms with van der Waals surface area (Å²) in [6, 6.07) is 4.09. The normalized spacial score (nSPS) is 12.8. The van der Waals surface area contributed by atoms with Gasteiger partial charge >= 0.3 is 5.97 Å². The Morgan fingerprint density at radius 3 is 1.89 bits per heavy atom. The molecule has 0 saturated carbocycles. The molecule has 0 aliphatic heterocycles.